The van der Waals surface area contributed by atoms with E-state index in [-0.39, 0.29) is 0 Å². The largest absolute Gasteiger partial charge is 0.492 e. The molecule has 0 saturated heterocycles. The van der Waals surface area contributed by atoms with Crippen molar-refractivity contribution in [3.63, 3.8) is 0 Å². The van der Waals surface area contributed by atoms with E-state index in [0.717, 1.165) is 10.2 Å². The van der Waals surface area contributed by atoms with Crippen molar-refractivity contribution in [2.75, 3.05) is 18.5 Å². The van der Waals surface area contributed by atoms with Gasteiger partial charge in [0.15, 0.2) is 0 Å². The average Bonchev–Trinajstić information content (AvgIpc) is 2.46. The first-order chi connectivity index (χ1) is 9.29. The SMILES string of the molecule is N#Cc1cccnc1NCCOc1ccc(Br)cc1. The molecule has 19 heavy (non-hydrogen) atoms. The molecule has 0 spiro atoms. The molecular formula is C14H12BrN3O. The molecule has 1 aromatic heterocycles. The molecule has 96 valence electrons. The van der Waals surface area contributed by atoms with E-state index in [1.807, 2.05) is 24.3 Å². The van der Waals surface area contributed by atoms with Crippen LogP contribution in [0.2, 0.25) is 0 Å². The Morgan fingerprint density at radius 1 is 1.26 bits per heavy atom. The second-order valence-corrected chi connectivity index (χ2v) is 4.66. The lowest BCUT2D eigenvalue weighted by atomic mass is 10.3. The van der Waals surface area contributed by atoms with Crippen molar-refractivity contribution in [3.05, 3.63) is 52.6 Å². The number of aromatic nitrogens is 1. The number of rotatable bonds is 5. The Morgan fingerprint density at radius 2 is 2.05 bits per heavy atom. The minimum atomic E-state index is 0.503. The van der Waals surface area contributed by atoms with Gasteiger partial charge in [-0.2, -0.15) is 5.26 Å². The summed E-state index contributed by atoms with van der Waals surface area (Å²) in [4.78, 5) is 4.11. The van der Waals surface area contributed by atoms with E-state index in [4.69, 9.17) is 10.00 Å². The number of halogens is 1. The van der Waals surface area contributed by atoms with E-state index >= 15 is 0 Å². The van der Waals surface area contributed by atoms with Crippen molar-refractivity contribution in [2.24, 2.45) is 0 Å². The minimum Gasteiger partial charge on any atom is -0.492 e. The third-order valence-electron chi connectivity index (χ3n) is 2.41. The Balaban J connectivity index is 1.81. The topological polar surface area (TPSA) is 57.9 Å². The van der Waals surface area contributed by atoms with E-state index in [0.29, 0.717) is 24.5 Å². The Kier molecular flexibility index (Phi) is 4.76. The van der Waals surface area contributed by atoms with Gasteiger partial charge in [0.1, 0.15) is 24.2 Å². The molecular weight excluding hydrogens is 306 g/mol. The molecule has 0 saturated carbocycles. The summed E-state index contributed by atoms with van der Waals surface area (Å²) in [7, 11) is 0. The molecule has 2 rings (SSSR count). The van der Waals surface area contributed by atoms with Gasteiger partial charge in [0, 0.05) is 10.7 Å². The number of hydrogen-bond donors (Lipinski definition) is 1. The molecule has 0 aliphatic rings. The summed E-state index contributed by atoms with van der Waals surface area (Å²) in [6.45, 7) is 1.09. The van der Waals surface area contributed by atoms with E-state index in [9.17, 15) is 0 Å². The maximum atomic E-state index is 8.91. The van der Waals surface area contributed by atoms with Crippen molar-refractivity contribution in [1.29, 1.82) is 5.26 Å². The molecule has 0 unspecified atom stereocenters. The number of nitrogens with zero attached hydrogens (tertiary/aromatic N) is 2. The predicted octanol–water partition coefficient (Wildman–Crippen LogP) is 3.21. The number of hydrogen-bond acceptors (Lipinski definition) is 4. The molecule has 0 aliphatic carbocycles. The number of nitriles is 1. The quantitative estimate of drug-likeness (QED) is 0.860. The molecule has 0 atom stereocenters. The van der Waals surface area contributed by atoms with Gasteiger partial charge in [-0.25, -0.2) is 4.98 Å². The first-order valence-corrected chi connectivity index (χ1v) is 6.56. The highest BCUT2D eigenvalue weighted by atomic mass is 79.9. The maximum absolute atomic E-state index is 8.91. The van der Waals surface area contributed by atoms with Gasteiger partial charge in [0.2, 0.25) is 0 Å². The van der Waals surface area contributed by atoms with Crippen molar-refractivity contribution < 1.29 is 4.74 Å². The highest BCUT2D eigenvalue weighted by Crippen LogP contribution is 2.16. The number of nitrogens with one attached hydrogen (secondary N) is 1. The number of benzene rings is 1. The fourth-order valence-electron chi connectivity index (χ4n) is 1.51. The van der Waals surface area contributed by atoms with Crippen LogP contribution in [0.4, 0.5) is 5.82 Å². The van der Waals surface area contributed by atoms with Crippen LogP contribution in [-0.4, -0.2) is 18.1 Å². The molecule has 1 heterocycles. The summed E-state index contributed by atoms with van der Waals surface area (Å²) < 4.78 is 6.58. The second-order valence-electron chi connectivity index (χ2n) is 3.74. The average molecular weight is 318 g/mol. The van der Waals surface area contributed by atoms with Crippen LogP contribution in [0.1, 0.15) is 5.56 Å². The van der Waals surface area contributed by atoms with Gasteiger partial charge in [-0.3, -0.25) is 0 Å². The van der Waals surface area contributed by atoms with Gasteiger partial charge < -0.3 is 10.1 Å². The number of pyridine rings is 1. The Labute approximate surface area is 120 Å². The highest BCUT2D eigenvalue weighted by Gasteiger charge is 2.01. The van der Waals surface area contributed by atoms with Crippen molar-refractivity contribution in [2.45, 2.75) is 0 Å². The molecule has 2 aromatic rings. The molecule has 1 aromatic carbocycles. The molecule has 4 nitrogen and oxygen atoms in total. The summed E-state index contributed by atoms with van der Waals surface area (Å²) in [5, 5.41) is 12.0. The van der Waals surface area contributed by atoms with Crippen LogP contribution < -0.4 is 10.1 Å². The summed E-state index contributed by atoms with van der Waals surface area (Å²) in [6.07, 6.45) is 1.65. The maximum Gasteiger partial charge on any atom is 0.144 e. The highest BCUT2D eigenvalue weighted by molar-refractivity contribution is 9.10. The van der Waals surface area contributed by atoms with Crippen molar-refractivity contribution in [3.8, 4) is 11.8 Å². The van der Waals surface area contributed by atoms with Gasteiger partial charge in [-0.15, -0.1) is 0 Å². The van der Waals surface area contributed by atoms with Crippen LogP contribution in [0.3, 0.4) is 0 Å². The lowest BCUT2D eigenvalue weighted by Gasteiger charge is -2.08. The van der Waals surface area contributed by atoms with Gasteiger partial charge in [-0.05, 0) is 36.4 Å². The van der Waals surface area contributed by atoms with Crippen molar-refractivity contribution in [1.82, 2.24) is 4.98 Å². The third-order valence-corrected chi connectivity index (χ3v) is 2.93. The predicted molar refractivity (Wildman–Crippen MR) is 77.1 cm³/mol. The Bertz CT molecular complexity index is 578. The zero-order valence-electron chi connectivity index (χ0n) is 10.1. The molecule has 0 radical (unpaired) electrons. The van der Waals surface area contributed by atoms with E-state index in [2.05, 4.69) is 32.3 Å². The van der Waals surface area contributed by atoms with Crippen molar-refractivity contribution >= 4 is 21.7 Å². The van der Waals surface area contributed by atoms with Gasteiger partial charge in [0.25, 0.3) is 0 Å². The molecule has 0 fully saturated rings. The monoisotopic (exact) mass is 317 g/mol. The lowest BCUT2D eigenvalue weighted by Crippen LogP contribution is -2.13. The van der Waals surface area contributed by atoms with Crippen LogP contribution in [0.5, 0.6) is 5.75 Å². The molecule has 0 amide bonds. The van der Waals surface area contributed by atoms with Crippen LogP contribution in [0, 0.1) is 11.3 Å². The summed E-state index contributed by atoms with van der Waals surface area (Å²) in [6, 6.07) is 13.2. The van der Waals surface area contributed by atoms with Crippen LogP contribution in [0.15, 0.2) is 47.1 Å². The number of anilines is 1. The van der Waals surface area contributed by atoms with Gasteiger partial charge >= 0.3 is 0 Å². The molecule has 0 bridgehead atoms. The van der Waals surface area contributed by atoms with E-state index in [1.165, 1.54) is 0 Å². The normalized spacial score (nSPS) is 9.68. The first-order valence-electron chi connectivity index (χ1n) is 5.77. The van der Waals surface area contributed by atoms with E-state index < -0.39 is 0 Å². The fourth-order valence-corrected chi connectivity index (χ4v) is 1.77. The van der Waals surface area contributed by atoms with Gasteiger partial charge in [-0.1, -0.05) is 15.9 Å². The molecule has 1 N–H and O–H groups in total. The Hall–Kier alpha value is -2.06. The smallest absolute Gasteiger partial charge is 0.144 e. The van der Waals surface area contributed by atoms with E-state index in [1.54, 1.807) is 18.3 Å². The van der Waals surface area contributed by atoms with Crippen LogP contribution >= 0.6 is 15.9 Å². The second kappa shape index (κ2) is 6.76. The number of ether oxygens (including phenoxy) is 1. The standard InChI is InChI=1S/C14H12BrN3O/c15-12-3-5-13(6-4-12)19-9-8-18-14-11(10-16)2-1-7-17-14/h1-7H,8-9H2,(H,17,18). The zero-order valence-corrected chi connectivity index (χ0v) is 11.7. The molecule has 0 aliphatic heterocycles. The zero-order chi connectivity index (χ0) is 13.5. The summed E-state index contributed by atoms with van der Waals surface area (Å²) in [5.41, 5.74) is 0.533. The summed E-state index contributed by atoms with van der Waals surface area (Å²) >= 11 is 3.37. The van der Waals surface area contributed by atoms with Crippen LogP contribution in [0.25, 0.3) is 0 Å². The Morgan fingerprint density at radius 3 is 2.79 bits per heavy atom. The van der Waals surface area contributed by atoms with Gasteiger partial charge in [0.05, 0.1) is 12.1 Å². The van der Waals surface area contributed by atoms with Crippen LogP contribution in [-0.2, 0) is 0 Å². The summed E-state index contributed by atoms with van der Waals surface area (Å²) in [5.74, 6) is 1.40. The third kappa shape index (κ3) is 3.97. The fraction of sp³-hybridized carbons (Fsp3) is 0.143. The molecule has 5 heteroatoms. The first kappa shape index (κ1) is 13.4. The minimum absolute atomic E-state index is 0.503. The lowest BCUT2D eigenvalue weighted by molar-refractivity contribution is 0.332.